The molecule has 1 atom stereocenters. The highest BCUT2D eigenvalue weighted by Gasteiger charge is 2.38. The van der Waals surface area contributed by atoms with E-state index in [1.54, 1.807) is 18.2 Å². The lowest BCUT2D eigenvalue weighted by molar-refractivity contribution is -0.387. The summed E-state index contributed by atoms with van der Waals surface area (Å²) in [7, 11) is 0. The second-order valence-electron chi connectivity index (χ2n) is 4.54. The number of morpholine rings is 1. The van der Waals surface area contributed by atoms with E-state index in [1.165, 1.54) is 6.07 Å². The van der Waals surface area contributed by atoms with Crippen LogP contribution in [0.25, 0.3) is 0 Å². The summed E-state index contributed by atoms with van der Waals surface area (Å²) in [6, 6.07) is 6.40. The molecule has 0 amide bonds. The molecule has 0 radical (unpaired) electrons. The molecule has 0 aliphatic carbocycles. The van der Waals surface area contributed by atoms with Gasteiger partial charge in [0, 0.05) is 19.2 Å². The average Bonchev–Trinajstić information content (AvgIpc) is 2.47. The Labute approximate surface area is 147 Å². The fourth-order valence-electron chi connectivity index (χ4n) is 2.00. The van der Waals surface area contributed by atoms with Crippen LogP contribution in [0.1, 0.15) is 0 Å². The van der Waals surface area contributed by atoms with E-state index in [0.717, 1.165) is 11.9 Å². The maximum atomic E-state index is 11.0. The van der Waals surface area contributed by atoms with Gasteiger partial charge in [-0.15, -0.1) is 0 Å². The molecule has 0 saturated carbocycles. The van der Waals surface area contributed by atoms with E-state index in [1.807, 2.05) is 4.90 Å². The van der Waals surface area contributed by atoms with Crippen molar-refractivity contribution in [2.24, 2.45) is 0 Å². The van der Waals surface area contributed by atoms with Crippen LogP contribution in [-0.4, -0.2) is 46.1 Å². The quantitative estimate of drug-likeness (QED) is 0.363. The van der Waals surface area contributed by atoms with Crippen LogP contribution in [-0.2, 0) is 4.74 Å². The first-order valence-corrected chi connectivity index (χ1v) is 8.39. The van der Waals surface area contributed by atoms with E-state index in [9.17, 15) is 10.1 Å². The number of nitrogens with one attached hydrogen (secondary N) is 1. The third-order valence-corrected chi connectivity index (χ3v) is 4.59. The smallest absolute Gasteiger partial charge is 0.284 e. The van der Waals surface area contributed by atoms with E-state index in [0.29, 0.717) is 31.2 Å². The molecule has 6 nitrogen and oxygen atoms in total. The Hall–Kier alpha value is -0.280. The molecule has 22 heavy (non-hydrogen) atoms. The van der Waals surface area contributed by atoms with E-state index < -0.39 is 14.9 Å². The highest BCUT2D eigenvalue weighted by Crippen LogP contribution is 2.35. The SMILES string of the molecule is O=[N+]([O-])c1ccccc1SN[C@@H](N1CCOCC1)C(Cl)(Cl)Cl. The number of nitro benzene ring substituents is 1. The van der Waals surface area contributed by atoms with Gasteiger partial charge in [0.05, 0.1) is 18.1 Å². The molecule has 1 aliphatic heterocycles. The summed E-state index contributed by atoms with van der Waals surface area (Å²) >= 11 is 19.2. The summed E-state index contributed by atoms with van der Waals surface area (Å²) < 4.78 is 6.73. The van der Waals surface area contributed by atoms with Crippen molar-refractivity contribution in [2.75, 3.05) is 26.3 Å². The van der Waals surface area contributed by atoms with Gasteiger partial charge in [-0.05, 0) is 18.0 Å². The van der Waals surface area contributed by atoms with Crippen LogP contribution < -0.4 is 4.72 Å². The van der Waals surface area contributed by atoms with Crippen LogP contribution in [0.15, 0.2) is 29.2 Å². The van der Waals surface area contributed by atoms with Crippen molar-refractivity contribution in [1.82, 2.24) is 9.62 Å². The molecule has 1 aromatic rings. The Bertz CT molecular complexity index is 524. The van der Waals surface area contributed by atoms with Gasteiger partial charge in [-0.2, -0.15) is 0 Å². The van der Waals surface area contributed by atoms with Crippen LogP contribution in [0.3, 0.4) is 0 Å². The molecule has 1 aliphatic rings. The predicted molar refractivity (Wildman–Crippen MR) is 88.6 cm³/mol. The van der Waals surface area contributed by atoms with Gasteiger partial charge in [-0.25, -0.2) is 4.72 Å². The largest absolute Gasteiger partial charge is 0.379 e. The Balaban J connectivity index is 2.10. The Kier molecular flexibility index (Phi) is 6.58. The Morgan fingerprint density at radius 1 is 1.32 bits per heavy atom. The predicted octanol–water partition coefficient (Wildman–Crippen LogP) is 3.22. The van der Waals surface area contributed by atoms with E-state index in [2.05, 4.69) is 4.72 Å². The number of para-hydroxylation sites is 1. The lowest BCUT2D eigenvalue weighted by Crippen LogP contribution is -2.55. The Morgan fingerprint density at radius 2 is 1.95 bits per heavy atom. The van der Waals surface area contributed by atoms with Gasteiger partial charge < -0.3 is 4.74 Å². The zero-order chi connectivity index (χ0) is 16.2. The molecule has 0 bridgehead atoms. The Morgan fingerprint density at radius 3 is 2.55 bits per heavy atom. The molecule has 0 aromatic heterocycles. The molecular formula is C12H14Cl3N3O3S. The zero-order valence-electron chi connectivity index (χ0n) is 11.4. The molecule has 2 rings (SSSR count). The van der Waals surface area contributed by atoms with E-state index in [4.69, 9.17) is 39.5 Å². The highest BCUT2D eigenvalue weighted by molar-refractivity contribution is 7.97. The first kappa shape index (κ1) is 18.1. The first-order chi connectivity index (χ1) is 10.4. The fraction of sp³-hybridized carbons (Fsp3) is 0.500. The molecule has 1 N–H and O–H groups in total. The number of halogens is 3. The molecule has 1 heterocycles. The summed E-state index contributed by atoms with van der Waals surface area (Å²) in [6.07, 6.45) is -0.591. The van der Waals surface area contributed by atoms with Crippen molar-refractivity contribution < 1.29 is 9.66 Å². The summed E-state index contributed by atoms with van der Waals surface area (Å²) in [4.78, 5) is 13.0. The van der Waals surface area contributed by atoms with Crippen LogP contribution >= 0.6 is 46.8 Å². The van der Waals surface area contributed by atoms with Crippen molar-refractivity contribution in [3.8, 4) is 0 Å². The van der Waals surface area contributed by atoms with E-state index >= 15 is 0 Å². The summed E-state index contributed by atoms with van der Waals surface area (Å²) in [5, 5.41) is 11.0. The third-order valence-electron chi connectivity index (χ3n) is 3.06. The second kappa shape index (κ2) is 8.01. The standard InChI is InChI=1S/C12H14Cl3N3O3S/c13-12(14,15)11(17-5-7-21-8-6-17)16-22-10-4-2-1-3-9(10)18(19)20/h1-4,11,16H,5-8H2/t11-/m0/s1. The molecule has 1 fully saturated rings. The number of ether oxygens (including phenoxy) is 1. The summed E-state index contributed by atoms with van der Waals surface area (Å²) in [5.74, 6) is 0. The van der Waals surface area contributed by atoms with Crippen LogP contribution in [0, 0.1) is 10.1 Å². The number of hydrogen-bond acceptors (Lipinski definition) is 6. The number of nitro groups is 1. The minimum Gasteiger partial charge on any atom is -0.379 e. The average molecular weight is 387 g/mol. The molecule has 10 heteroatoms. The monoisotopic (exact) mass is 385 g/mol. The van der Waals surface area contributed by atoms with Crippen LogP contribution in [0.4, 0.5) is 5.69 Å². The molecule has 1 aromatic carbocycles. The topological polar surface area (TPSA) is 67.6 Å². The van der Waals surface area contributed by atoms with Gasteiger partial charge in [0.25, 0.3) is 5.69 Å². The van der Waals surface area contributed by atoms with Gasteiger partial charge in [0.2, 0.25) is 3.79 Å². The lowest BCUT2D eigenvalue weighted by Gasteiger charge is -2.38. The number of nitrogens with zero attached hydrogens (tertiary/aromatic N) is 2. The van der Waals surface area contributed by atoms with Gasteiger partial charge in [-0.3, -0.25) is 15.0 Å². The van der Waals surface area contributed by atoms with Crippen LogP contribution in [0.5, 0.6) is 0 Å². The third kappa shape index (κ3) is 4.86. The molecule has 1 saturated heterocycles. The summed E-state index contributed by atoms with van der Waals surface area (Å²) in [6.45, 7) is 2.33. The lowest BCUT2D eigenvalue weighted by atomic mass is 10.3. The minimum absolute atomic E-state index is 0.00467. The summed E-state index contributed by atoms with van der Waals surface area (Å²) in [5.41, 5.74) is 0.00467. The highest BCUT2D eigenvalue weighted by atomic mass is 35.6. The second-order valence-corrected chi connectivity index (χ2v) is 7.79. The van der Waals surface area contributed by atoms with Crippen molar-refractivity contribution in [2.45, 2.75) is 14.9 Å². The van der Waals surface area contributed by atoms with E-state index in [-0.39, 0.29) is 5.69 Å². The maximum Gasteiger partial charge on any atom is 0.284 e. The van der Waals surface area contributed by atoms with Crippen molar-refractivity contribution in [3.63, 3.8) is 0 Å². The first-order valence-electron chi connectivity index (χ1n) is 6.44. The van der Waals surface area contributed by atoms with Gasteiger partial charge in [-0.1, -0.05) is 46.9 Å². The zero-order valence-corrected chi connectivity index (χ0v) is 14.5. The fourth-order valence-corrected chi connectivity index (χ4v) is 3.73. The number of benzene rings is 1. The maximum absolute atomic E-state index is 11.0. The minimum atomic E-state index is -1.58. The van der Waals surface area contributed by atoms with Gasteiger partial charge >= 0.3 is 0 Å². The normalized spacial score (nSPS) is 18.1. The number of alkyl halides is 3. The van der Waals surface area contributed by atoms with Crippen molar-refractivity contribution in [1.29, 1.82) is 0 Å². The van der Waals surface area contributed by atoms with Gasteiger partial charge in [0.1, 0.15) is 11.1 Å². The van der Waals surface area contributed by atoms with Crippen molar-refractivity contribution >= 4 is 52.4 Å². The molecule has 0 unspecified atom stereocenters. The van der Waals surface area contributed by atoms with Crippen molar-refractivity contribution in [3.05, 3.63) is 34.4 Å². The van der Waals surface area contributed by atoms with Gasteiger partial charge in [0.15, 0.2) is 0 Å². The van der Waals surface area contributed by atoms with Crippen LogP contribution in [0.2, 0.25) is 0 Å². The number of hydrogen-bond donors (Lipinski definition) is 1. The molecular weight excluding hydrogens is 373 g/mol. The number of rotatable bonds is 5. The molecule has 122 valence electrons. The molecule has 0 spiro atoms.